The fraction of sp³-hybridized carbons (Fsp3) is 0.381. The summed E-state index contributed by atoms with van der Waals surface area (Å²) in [5.41, 5.74) is 4.74. The Balaban J connectivity index is 1.92. The highest BCUT2D eigenvalue weighted by Crippen LogP contribution is 2.40. The van der Waals surface area contributed by atoms with E-state index in [0.717, 1.165) is 40.0 Å². The lowest BCUT2D eigenvalue weighted by Crippen LogP contribution is -2.41. The summed E-state index contributed by atoms with van der Waals surface area (Å²) in [6.07, 6.45) is 0.750. The van der Waals surface area contributed by atoms with E-state index in [1.165, 1.54) is 0 Å². The van der Waals surface area contributed by atoms with E-state index >= 15 is 0 Å². The Morgan fingerprint density at radius 2 is 1.75 bits per heavy atom. The molecule has 0 aromatic heterocycles. The first-order valence-electron chi connectivity index (χ1n) is 8.43. The van der Waals surface area contributed by atoms with E-state index in [1.807, 2.05) is 38.1 Å². The first kappa shape index (κ1) is 16.6. The van der Waals surface area contributed by atoms with Crippen molar-refractivity contribution in [3.05, 3.63) is 64.2 Å². The molecule has 2 aromatic rings. The van der Waals surface area contributed by atoms with Gasteiger partial charge in [0.1, 0.15) is 11.4 Å². The second-order valence-corrected chi connectivity index (χ2v) is 7.45. The second kappa shape index (κ2) is 5.97. The van der Waals surface area contributed by atoms with E-state index in [0.29, 0.717) is 0 Å². The molecule has 0 aliphatic carbocycles. The summed E-state index contributed by atoms with van der Waals surface area (Å²) in [6, 6.07) is 12.1. The van der Waals surface area contributed by atoms with Gasteiger partial charge in [0, 0.05) is 17.5 Å². The van der Waals surface area contributed by atoms with Gasteiger partial charge in [-0.05, 0) is 57.9 Å². The minimum absolute atomic E-state index is 0.0228. The average Bonchev–Trinajstić information content (AvgIpc) is 2.48. The maximum absolute atomic E-state index is 12.8. The van der Waals surface area contributed by atoms with Crippen molar-refractivity contribution in [3.63, 3.8) is 0 Å². The van der Waals surface area contributed by atoms with Gasteiger partial charge in [0.2, 0.25) is 0 Å². The molecule has 1 heterocycles. The zero-order chi connectivity index (χ0) is 17.5. The molecule has 24 heavy (non-hydrogen) atoms. The summed E-state index contributed by atoms with van der Waals surface area (Å²) < 4.78 is 6.11. The zero-order valence-electron chi connectivity index (χ0n) is 15.1. The number of hydrogen-bond acceptors (Lipinski definition) is 2. The molecule has 0 saturated heterocycles. The van der Waals surface area contributed by atoms with Crippen molar-refractivity contribution in [3.8, 4) is 5.75 Å². The lowest BCUT2D eigenvalue weighted by atomic mass is 9.89. The lowest BCUT2D eigenvalue weighted by Gasteiger charge is -2.38. The molecule has 0 bridgehead atoms. The second-order valence-electron chi connectivity index (χ2n) is 7.45. The highest BCUT2D eigenvalue weighted by atomic mass is 16.5. The lowest BCUT2D eigenvalue weighted by molar-refractivity contribution is 0.0619. The van der Waals surface area contributed by atoms with Crippen LogP contribution in [0.1, 0.15) is 58.9 Å². The number of aryl methyl sites for hydroxylation is 3. The van der Waals surface area contributed by atoms with Gasteiger partial charge in [0.15, 0.2) is 0 Å². The minimum atomic E-state index is -0.305. The van der Waals surface area contributed by atoms with Gasteiger partial charge >= 0.3 is 0 Å². The van der Waals surface area contributed by atoms with E-state index in [2.05, 4.69) is 38.2 Å². The van der Waals surface area contributed by atoms with Crippen LogP contribution in [0.4, 0.5) is 0 Å². The van der Waals surface area contributed by atoms with Gasteiger partial charge in [-0.15, -0.1) is 0 Å². The van der Waals surface area contributed by atoms with Crippen LogP contribution in [0.15, 0.2) is 36.4 Å². The van der Waals surface area contributed by atoms with Crippen LogP contribution in [0.3, 0.4) is 0 Å². The van der Waals surface area contributed by atoms with Gasteiger partial charge in [-0.25, -0.2) is 0 Å². The number of carbonyl (C=O) groups excluding carboxylic acids is 1. The van der Waals surface area contributed by atoms with Crippen LogP contribution in [0.2, 0.25) is 0 Å². The Morgan fingerprint density at radius 3 is 2.50 bits per heavy atom. The van der Waals surface area contributed by atoms with Crippen molar-refractivity contribution in [2.75, 3.05) is 0 Å². The van der Waals surface area contributed by atoms with Crippen molar-refractivity contribution in [2.45, 2.75) is 52.7 Å². The highest BCUT2D eigenvalue weighted by Gasteiger charge is 2.34. The molecular weight excluding hydrogens is 298 g/mol. The van der Waals surface area contributed by atoms with E-state index in [9.17, 15) is 4.79 Å². The molecule has 0 fully saturated rings. The number of benzene rings is 2. The van der Waals surface area contributed by atoms with Crippen LogP contribution >= 0.6 is 0 Å². The number of hydrogen-bond donors (Lipinski definition) is 1. The first-order valence-corrected chi connectivity index (χ1v) is 8.43. The molecule has 0 unspecified atom stereocenters. The monoisotopic (exact) mass is 323 g/mol. The third kappa shape index (κ3) is 3.30. The Morgan fingerprint density at radius 1 is 1.08 bits per heavy atom. The van der Waals surface area contributed by atoms with Gasteiger partial charge in [-0.3, -0.25) is 4.79 Å². The number of nitrogens with one attached hydrogen (secondary N) is 1. The Labute approximate surface area is 144 Å². The molecule has 126 valence electrons. The van der Waals surface area contributed by atoms with E-state index in [4.69, 9.17) is 4.74 Å². The molecule has 0 saturated carbocycles. The Bertz CT molecular complexity index is 792. The zero-order valence-corrected chi connectivity index (χ0v) is 15.1. The highest BCUT2D eigenvalue weighted by molar-refractivity contribution is 5.96. The third-order valence-corrected chi connectivity index (χ3v) is 4.57. The summed E-state index contributed by atoms with van der Waals surface area (Å²) in [4.78, 5) is 12.8. The molecule has 0 radical (unpaired) electrons. The quantitative estimate of drug-likeness (QED) is 0.874. The van der Waals surface area contributed by atoms with Crippen molar-refractivity contribution < 1.29 is 9.53 Å². The molecule has 3 heteroatoms. The summed E-state index contributed by atoms with van der Waals surface area (Å²) in [7, 11) is 0. The summed E-state index contributed by atoms with van der Waals surface area (Å²) in [5.74, 6) is 0.850. The van der Waals surface area contributed by atoms with Crippen LogP contribution in [0.5, 0.6) is 5.75 Å². The predicted octanol–water partition coefficient (Wildman–Crippen LogP) is 4.64. The Kier molecular flexibility index (Phi) is 4.12. The van der Waals surface area contributed by atoms with Crippen LogP contribution < -0.4 is 10.1 Å². The van der Waals surface area contributed by atoms with Crippen molar-refractivity contribution in [1.82, 2.24) is 5.32 Å². The van der Waals surface area contributed by atoms with E-state index < -0.39 is 0 Å². The van der Waals surface area contributed by atoms with Crippen molar-refractivity contribution >= 4 is 5.91 Å². The number of fused-ring (bicyclic) bond motifs is 1. The molecular formula is C21H25NO2. The van der Waals surface area contributed by atoms with Crippen molar-refractivity contribution in [1.29, 1.82) is 0 Å². The van der Waals surface area contributed by atoms with Gasteiger partial charge in [0.25, 0.3) is 5.91 Å². The molecule has 2 aromatic carbocycles. The fourth-order valence-corrected chi connectivity index (χ4v) is 3.30. The van der Waals surface area contributed by atoms with Gasteiger partial charge < -0.3 is 10.1 Å². The minimum Gasteiger partial charge on any atom is -0.487 e. The maximum Gasteiger partial charge on any atom is 0.252 e. The molecule has 1 aliphatic rings. The maximum atomic E-state index is 12.8. The van der Waals surface area contributed by atoms with Crippen LogP contribution in [-0.2, 0) is 0 Å². The SMILES string of the molecule is Cc1ccc2c(c1)OC(C)(C)C[C@@H]2NC(=O)c1cc(C)ccc1C. The number of carbonyl (C=O) groups is 1. The summed E-state index contributed by atoms with van der Waals surface area (Å²) in [6.45, 7) is 10.2. The smallest absolute Gasteiger partial charge is 0.252 e. The standard InChI is InChI=1S/C21H25NO2/c1-13-6-8-15(3)17(10-13)20(23)22-18-12-21(4,5)24-19-11-14(2)7-9-16(18)19/h6-11,18H,12H2,1-5H3,(H,22,23)/t18-/m0/s1. The van der Waals surface area contributed by atoms with E-state index in [1.54, 1.807) is 0 Å². The fourth-order valence-electron chi connectivity index (χ4n) is 3.30. The summed E-state index contributed by atoms with van der Waals surface area (Å²) >= 11 is 0. The number of ether oxygens (including phenoxy) is 1. The topological polar surface area (TPSA) is 38.3 Å². The summed E-state index contributed by atoms with van der Waals surface area (Å²) in [5, 5.41) is 3.22. The molecule has 1 N–H and O–H groups in total. The molecule has 1 amide bonds. The average molecular weight is 323 g/mol. The largest absolute Gasteiger partial charge is 0.487 e. The van der Waals surface area contributed by atoms with Gasteiger partial charge in [-0.1, -0.05) is 29.8 Å². The van der Waals surface area contributed by atoms with Gasteiger partial charge in [0.05, 0.1) is 6.04 Å². The Hall–Kier alpha value is -2.29. The van der Waals surface area contributed by atoms with Crippen LogP contribution in [0.25, 0.3) is 0 Å². The number of amides is 1. The molecule has 1 aliphatic heterocycles. The van der Waals surface area contributed by atoms with Crippen molar-refractivity contribution in [2.24, 2.45) is 0 Å². The van der Waals surface area contributed by atoms with Crippen LogP contribution in [-0.4, -0.2) is 11.5 Å². The van der Waals surface area contributed by atoms with E-state index in [-0.39, 0.29) is 17.6 Å². The molecule has 3 rings (SSSR count). The first-order chi connectivity index (χ1) is 11.2. The molecule has 0 spiro atoms. The predicted molar refractivity (Wildman–Crippen MR) is 96.6 cm³/mol. The molecule has 3 nitrogen and oxygen atoms in total. The van der Waals surface area contributed by atoms with Gasteiger partial charge in [-0.2, -0.15) is 0 Å². The molecule has 1 atom stereocenters. The normalized spacial score (nSPS) is 18.5. The number of rotatable bonds is 2. The van der Waals surface area contributed by atoms with Crippen LogP contribution in [0, 0.1) is 20.8 Å². The third-order valence-electron chi connectivity index (χ3n) is 4.57.